The minimum absolute atomic E-state index is 0.0674. The number of nitrogens with zero attached hydrogens (tertiary/aromatic N) is 2. The zero-order valence-electron chi connectivity index (χ0n) is 20.3. The summed E-state index contributed by atoms with van der Waals surface area (Å²) in [6.45, 7) is 6.81. The number of methoxy groups -OCH3 is 1. The summed E-state index contributed by atoms with van der Waals surface area (Å²) in [6, 6.07) is 13.4. The molecule has 0 aliphatic carbocycles. The van der Waals surface area contributed by atoms with E-state index < -0.39 is 5.91 Å². The highest BCUT2D eigenvalue weighted by molar-refractivity contribution is 6.32. The summed E-state index contributed by atoms with van der Waals surface area (Å²) in [7, 11) is 1.55. The maximum absolute atomic E-state index is 12.5. The van der Waals surface area contributed by atoms with Crippen LogP contribution in [-0.2, 0) is 9.63 Å². The number of rotatable bonds is 9. The van der Waals surface area contributed by atoms with Crippen molar-refractivity contribution < 1.29 is 23.8 Å². The molecule has 2 aromatic carbocycles. The molecule has 0 spiro atoms. The minimum Gasteiger partial charge on any atom is -0.493 e. The number of amides is 1. The van der Waals surface area contributed by atoms with Crippen LogP contribution >= 0.6 is 0 Å². The molecule has 0 bridgehead atoms. The first-order valence-corrected chi connectivity index (χ1v) is 11.5. The van der Waals surface area contributed by atoms with Gasteiger partial charge in [-0.2, -0.15) is 4.99 Å². The predicted molar refractivity (Wildman–Crippen MR) is 134 cm³/mol. The second-order valence-electron chi connectivity index (χ2n) is 8.28. The summed E-state index contributed by atoms with van der Waals surface area (Å²) in [5.41, 5.74) is 1.99. The first-order chi connectivity index (χ1) is 16.9. The molecule has 1 atom stereocenters. The van der Waals surface area contributed by atoms with Gasteiger partial charge in [0.25, 0.3) is 5.91 Å². The molecule has 0 fully saturated rings. The molecule has 182 valence electrons. The average molecular weight is 476 g/mol. The summed E-state index contributed by atoms with van der Waals surface area (Å²) >= 11 is 0. The third-order valence-corrected chi connectivity index (χ3v) is 5.84. The molecule has 4 rings (SSSR count). The van der Waals surface area contributed by atoms with E-state index in [0.717, 1.165) is 12.2 Å². The van der Waals surface area contributed by atoms with E-state index in [9.17, 15) is 4.79 Å². The Kier molecular flexibility index (Phi) is 7.19. The molecular formula is C27H29N3O5. The summed E-state index contributed by atoms with van der Waals surface area (Å²) < 4.78 is 17.4. The maximum Gasteiger partial charge on any atom is 0.282 e. The number of para-hydroxylation sites is 1. The molecule has 0 saturated carbocycles. The lowest BCUT2D eigenvalue weighted by molar-refractivity contribution is -0.114. The Morgan fingerprint density at radius 1 is 1.11 bits per heavy atom. The second kappa shape index (κ2) is 10.5. The van der Waals surface area contributed by atoms with Gasteiger partial charge >= 0.3 is 0 Å². The third-order valence-electron chi connectivity index (χ3n) is 5.84. The van der Waals surface area contributed by atoms with Gasteiger partial charge in [-0.3, -0.25) is 10.2 Å². The van der Waals surface area contributed by atoms with Crippen molar-refractivity contribution in [3.8, 4) is 17.2 Å². The van der Waals surface area contributed by atoms with Crippen molar-refractivity contribution in [3.05, 3.63) is 71.0 Å². The first kappa shape index (κ1) is 24.1. The average Bonchev–Trinajstić information content (AvgIpc) is 3.24. The molecule has 8 nitrogen and oxygen atoms in total. The Bertz CT molecular complexity index is 1230. The molecule has 35 heavy (non-hydrogen) atoms. The van der Waals surface area contributed by atoms with Crippen LogP contribution in [0.3, 0.4) is 0 Å². The Hall–Kier alpha value is -4.07. The van der Waals surface area contributed by atoms with Crippen LogP contribution < -0.4 is 14.2 Å². The van der Waals surface area contributed by atoms with Crippen molar-refractivity contribution in [1.29, 1.82) is 5.41 Å². The van der Waals surface area contributed by atoms with E-state index >= 15 is 0 Å². The second-order valence-corrected chi connectivity index (χ2v) is 8.28. The SMILES string of the molecule is CC[C@H](C)c1ccccc1OCCOc1ccc(/C=C2\C(=N)N3OC(C)=CC3=NC2=O)cc1OC. The standard InChI is InChI=1S/C27H29N3O5/c1-5-17(2)20-8-6-7-9-22(20)33-12-13-34-23-11-10-19(16-24(23)32-4)15-21-26(28)30-25(29-27(21)31)14-18(3)35-30/h6-11,14-17,28H,5,12-13H2,1-4H3/b21-15+,28-26?/t17-/m0/s1. The molecule has 0 saturated heterocycles. The van der Waals surface area contributed by atoms with Gasteiger partial charge < -0.3 is 19.0 Å². The van der Waals surface area contributed by atoms with E-state index in [0.29, 0.717) is 47.8 Å². The van der Waals surface area contributed by atoms with Crippen LogP contribution in [0, 0.1) is 5.41 Å². The van der Waals surface area contributed by atoms with Crippen LogP contribution in [0.2, 0.25) is 0 Å². The topological polar surface area (TPSA) is 93.4 Å². The molecule has 8 heteroatoms. The summed E-state index contributed by atoms with van der Waals surface area (Å²) in [6.07, 6.45) is 4.24. The number of amidine groups is 2. The van der Waals surface area contributed by atoms with Gasteiger partial charge in [0, 0.05) is 6.08 Å². The van der Waals surface area contributed by atoms with Crippen molar-refractivity contribution in [2.24, 2.45) is 4.99 Å². The molecule has 0 radical (unpaired) electrons. The molecular weight excluding hydrogens is 446 g/mol. The van der Waals surface area contributed by atoms with Gasteiger partial charge in [-0.25, -0.2) is 0 Å². The summed E-state index contributed by atoms with van der Waals surface area (Å²) in [4.78, 5) is 21.9. The molecule has 2 heterocycles. The quantitative estimate of drug-likeness (QED) is 0.400. The van der Waals surface area contributed by atoms with Gasteiger partial charge in [0.15, 0.2) is 23.2 Å². The largest absolute Gasteiger partial charge is 0.493 e. The third kappa shape index (κ3) is 5.21. The van der Waals surface area contributed by atoms with E-state index in [4.69, 9.17) is 24.5 Å². The number of carbonyl (C=O) groups excluding carboxylic acids is 1. The Morgan fingerprint density at radius 2 is 1.86 bits per heavy atom. The van der Waals surface area contributed by atoms with Crippen LogP contribution in [0.5, 0.6) is 17.2 Å². The zero-order valence-corrected chi connectivity index (χ0v) is 20.3. The molecule has 1 amide bonds. The highest BCUT2D eigenvalue weighted by Crippen LogP contribution is 2.31. The van der Waals surface area contributed by atoms with Crippen LogP contribution in [0.25, 0.3) is 6.08 Å². The summed E-state index contributed by atoms with van der Waals surface area (Å²) in [5, 5.41) is 9.58. The van der Waals surface area contributed by atoms with E-state index in [-0.39, 0.29) is 11.4 Å². The first-order valence-electron chi connectivity index (χ1n) is 11.5. The number of aliphatic imine (C=N–C) groups is 1. The van der Waals surface area contributed by atoms with Crippen molar-refractivity contribution in [3.63, 3.8) is 0 Å². The number of nitrogens with one attached hydrogen (secondary N) is 1. The number of benzene rings is 2. The Labute approximate surface area is 204 Å². The van der Waals surface area contributed by atoms with Crippen molar-refractivity contribution in [2.45, 2.75) is 33.1 Å². The maximum atomic E-state index is 12.5. The highest BCUT2D eigenvalue weighted by atomic mass is 16.7. The fourth-order valence-corrected chi connectivity index (χ4v) is 3.80. The Morgan fingerprint density at radius 3 is 2.60 bits per heavy atom. The molecule has 0 unspecified atom stereocenters. The van der Waals surface area contributed by atoms with Gasteiger partial charge in [-0.15, -0.1) is 5.06 Å². The van der Waals surface area contributed by atoms with Gasteiger partial charge in [0.2, 0.25) is 0 Å². The van der Waals surface area contributed by atoms with Crippen molar-refractivity contribution in [1.82, 2.24) is 5.06 Å². The van der Waals surface area contributed by atoms with Crippen LogP contribution in [0.1, 0.15) is 44.2 Å². The Balaban J connectivity index is 1.42. The number of allylic oxidation sites excluding steroid dienone is 1. The van der Waals surface area contributed by atoms with Gasteiger partial charge in [0.05, 0.1) is 12.7 Å². The number of carbonyl (C=O) groups is 1. The number of ether oxygens (including phenoxy) is 3. The smallest absolute Gasteiger partial charge is 0.282 e. The van der Waals surface area contributed by atoms with E-state index in [2.05, 4.69) is 24.9 Å². The predicted octanol–water partition coefficient (Wildman–Crippen LogP) is 5.12. The molecule has 2 aromatic rings. The number of hydrogen-bond donors (Lipinski definition) is 1. The van der Waals surface area contributed by atoms with Crippen molar-refractivity contribution >= 4 is 23.7 Å². The zero-order chi connectivity index (χ0) is 24.9. The molecule has 2 aliphatic heterocycles. The van der Waals surface area contributed by atoms with Crippen LogP contribution in [0.4, 0.5) is 0 Å². The van der Waals surface area contributed by atoms with Gasteiger partial charge in [-0.05, 0) is 54.7 Å². The fraction of sp³-hybridized carbons (Fsp3) is 0.296. The lowest BCUT2D eigenvalue weighted by Gasteiger charge is -2.23. The number of hydrogen-bond acceptors (Lipinski definition) is 6. The van der Waals surface area contributed by atoms with Crippen LogP contribution in [-0.4, -0.2) is 43.0 Å². The number of fused-ring (bicyclic) bond motifs is 1. The van der Waals surface area contributed by atoms with E-state index in [1.807, 2.05) is 18.2 Å². The lowest BCUT2D eigenvalue weighted by atomic mass is 9.98. The minimum atomic E-state index is -0.495. The van der Waals surface area contributed by atoms with E-state index in [1.165, 1.54) is 10.6 Å². The summed E-state index contributed by atoms with van der Waals surface area (Å²) in [5.74, 6) is 2.67. The monoisotopic (exact) mass is 475 g/mol. The van der Waals surface area contributed by atoms with Crippen LogP contribution in [0.15, 0.2) is 64.9 Å². The van der Waals surface area contributed by atoms with Gasteiger partial charge in [-0.1, -0.05) is 38.1 Å². The molecule has 0 aromatic heterocycles. The highest BCUT2D eigenvalue weighted by Gasteiger charge is 2.34. The van der Waals surface area contributed by atoms with Gasteiger partial charge in [0.1, 0.15) is 24.7 Å². The van der Waals surface area contributed by atoms with Crippen molar-refractivity contribution in [2.75, 3.05) is 20.3 Å². The molecule has 1 N–H and O–H groups in total. The normalized spacial score (nSPS) is 16.9. The fourth-order valence-electron chi connectivity index (χ4n) is 3.80. The molecule has 2 aliphatic rings. The van der Waals surface area contributed by atoms with E-state index in [1.54, 1.807) is 44.4 Å². The lowest BCUT2D eigenvalue weighted by Crippen LogP contribution is -2.38. The number of hydroxylamine groups is 2.